The molecule has 1 saturated heterocycles. The molecule has 0 aliphatic carbocycles. The van der Waals surface area contributed by atoms with Crippen molar-refractivity contribution < 1.29 is 14.1 Å². The van der Waals surface area contributed by atoms with Crippen LogP contribution in [0.15, 0.2) is 41.4 Å². The van der Waals surface area contributed by atoms with Gasteiger partial charge >= 0.3 is 0 Å². The number of nitrogens with one attached hydrogen (secondary N) is 2. The molecule has 0 radical (unpaired) electrons. The van der Waals surface area contributed by atoms with Gasteiger partial charge in [-0.25, -0.2) is 8.51 Å². The highest BCUT2D eigenvalue weighted by Crippen LogP contribution is 2.36. The van der Waals surface area contributed by atoms with Crippen LogP contribution in [0.1, 0.15) is 10.4 Å². The summed E-state index contributed by atoms with van der Waals surface area (Å²) >= 11 is 0. The Hall–Kier alpha value is -2.79. The average Bonchev–Trinajstić information content (AvgIpc) is 3.13. The summed E-state index contributed by atoms with van der Waals surface area (Å²) in [6.45, 7) is 4.54. The van der Waals surface area contributed by atoms with E-state index in [-0.39, 0.29) is 11.8 Å². The maximum absolute atomic E-state index is 12.9. The van der Waals surface area contributed by atoms with Gasteiger partial charge in [-0.3, -0.25) is 9.78 Å². The third kappa shape index (κ3) is 5.25. The van der Waals surface area contributed by atoms with Crippen LogP contribution in [0.5, 0.6) is 5.88 Å². The van der Waals surface area contributed by atoms with E-state index in [4.69, 9.17) is 0 Å². The number of carbonyl (C=O) groups is 1. The molecule has 9 nitrogen and oxygen atoms in total. The fraction of sp³-hybridized carbons (Fsp3) is 0.391. The number of carbonyl (C=O) groups excluding carboxylic acids is 1. The molecule has 1 fully saturated rings. The van der Waals surface area contributed by atoms with Crippen LogP contribution in [0.25, 0.3) is 22.2 Å². The largest absolute Gasteiger partial charge is 0.494 e. The Morgan fingerprint density at radius 3 is 2.64 bits per heavy atom. The zero-order chi connectivity index (χ0) is 23.5. The molecule has 1 unspecified atom stereocenters. The van der Waals surface area contributed by atoms with Gasteiger partial charge in [0.2, 0.25) is 0 Å². The Labute approximate surface area is 196 Å². The van der Waals surface area contributed by atoms with E-state index in [0.29, 0.717) is 39.2 Å². The molecule has 1 amide bonds. The molecule has 0 bridgehead atoms. The Kier molecular flexibility index (Phi) is 7.08. The summed E-state index contributed by atoms with van der Waals surface area (Å²) in [5, 5.41) is 14.2. The van der Waals surface area contributed by atoms with Crippen LogP contribution in [-0.4, -0.2) is 99.7 Å². The lowest BCUT2D eigenvalue weighted by Gasteiger charge is -2.31. The number of amides is 1. The average molecular weight is 471 g/mol. The minimum atomic E-state index is -1.27. The SMILES string of the molecule is CN(C)CCNC(=O)c1ccc2[nH]c(O)c(-c3ccc(S(=O)N4CCN(C)CC4)cn3)c2c1. The topological polar surface area (TPSA) is 105 Å². The lowest BCUT2D eigenvalue weighted by Crippen LogP contribution is -2.45. The van der Waals surface area contributed by atoms with E-state index in [1.54, 1.807) is 36.5 Å². The van der Waals surface area contributed by atoms with E-state index in [0.717, 1.165) is 32.7 Å². The predicted octanol–water partition coefficient (Wildman–Crippen LogP) is 1.50. The number of rotatable bonds is 7. The number of nitrogens with zero attached hydrogens (tertiary/aromatic N) is 4. The number of H-pyrrole nitrogens is 1. The second-order valence-corrected chi connectivity index (χ2v) is 10.0. The molecule has 1 atom stereocenters. The quantitative estimate of drug-likeness (QED) is 0.483. The van der Waals surface area contributed by atoms with Crippen molar-refractivity contribution in [1.82, 2.24) is 29.4 Å². The van der Waals surface area contributed by atoms with Gasteiger partial charge < -0.3 is 25.2 Å². The first-order valence-corrected chi connectivity index (χ1v) is 12.0. The minimum absolute atomic E-state index is 0.0180. The zero-order valence-corrected chi connectivity index (χ0v) is 20.0. The number of likely N-dealkylation sites (N-methyl/N-ethyl adjacent to an activating group) is 2. The van der Waals surface area contributed by atoms with E-state index in [1.807, 2.05) is 23.3 Å². The predicted molar refractivity (Wildman–Crippen MR) is 130 cm³/mol. The second kappa shape index (κ2) is 10.0. The smallest absolute Gasteiger partial charge is 0.251 e. The van der Waals surface area contributed by atoms with Gasteiger partial charge in [-0.05, 0) is 51.5 Å². The number of aromatic hydroxyl groups is 1. The van der Waals surface area contributed by atoms with Crippen molar-refractivity contribution in [3.8, 4) is 17.1 Å². The number of piperazine rings is 1. The third-order valence-electron chi connectivity index (χ3n) is 5.78. The lowest BCUT2D eigenvalue weighted by atomic mass is 10.1. The fourth-order valence-electron chi connectivity index (χ4n) is 3.81. The van der Waals surface area contributed by atoms with Gasteiger partial charge in [0.1, 0.15) is 11.0 Å². The fourth-order valence-corrected chi connectivity index (χ4v) is 4.93. The molecule has 176 valence electrons. The molecule has 0 spiro atoms. The van der Waals surface area contributed by atoms with Crippen LogP contribution in [-0.2, 0) is 11.0 Å². The van der Waals surface area contributed by atoms with Gasteiger partial charge in [0.25, 0.3) is 5.91 Å². The first-order chi connectivity index (χ1) is 15.8. The summed E-state index contributed by atoms with van der Waals surface area (Å²) in [6.07, 6.45) is 1.60. The van der Waals surface area contributed by atoms with Gasteiger partial charge in [0.15, 0.2) is 5.88 Å². The first-order valence-electron chi connectivity index (χ1n) is 10.9. The molecule has 33 heavy (non-hydrogen) atoms. The van der Waals surface area contributed by atoms with Crippen molar-refractivity contribution in [3.05, 3.63) is 42.1 Å². The Balaban J connectivity index is 1.56. The van der Waals surface area contributed by atoms with Crippen LogP contribution in [0.4, 0.5) is 0 Å². The molecule has 4 rings (SSSR count). The number of pyridine rings is 1. The standard InChI is InChI=1S/C23H30N6O3S/c1-27(2)9-8-24-22(30)16-4-6-19-18(14-16)21(23(31)26-19)20-7-5-17(15-25-20)33(32)29-12-10-28(3)11-13-29/h4-7,14-15,26,31H,8-13H2,1-3H3,(H,24,30). The highest BCUT2D eigenvalue weighted by atomic mass is 32.2. The molecule has 0 saturated carbocycles. The van der Waals surface area contributed by atoms with E-state index in [9.17, 15) is 14.1 Å². The van der Waals surface area contributed by atoms with Crippen LogP contribution >= 0.6 is 0 Å². The van der Waals surface area contributed by atoms with Crippen molar-refractivity contribution >= 4 is 27.8 Å². The van der Waals surface area contributed by atoms with Gasteiger partial charge in [-0.2, -0.15) is 0 Å². The van der Waals surface area contributed by atoms with Crippen molar-refractivity contribution in [2.24, 2.45) is 0 Å². The second-order valence-electron chi connectivity index (χ2n) is 8.53. The summed E-state index contributed by atoms with van der Waals surface area (Å²) in [5.41, 5.74) is 2.28. The number of hydrogen-bond donors (Lipinski definition) is 3. The van der Waals surface area contributed by atoms with Crippen LogP contribution in [0.3, 0.4) is 0 Å². The van der Waals surface area contributed by atoms with E-state index >= 15 is 0 Å². The molecule has 1 aromatic carbocycles. The van der Waals surface area contributed by atoms with Gasteiger partial charge in [-0.15, -0.1) is 0 Å². The Morgan fingerprint density at radius 1 is 1.21 bits per heavy atom. The summed E-state index contributed by atoms with van der Waals surface area (Å²) in [4.78, 5) is 24.8. The highest BCUT2D eigenvalue weighted by molar-refractivity contribution is 7.82. The van der Waals surface area contributed by atoms with Gasteiger partial charge in [-0.1, -0.05) is 0 Å². The van der Waals surface area contributed by atoms with Crippen molar-refractivity contribution in [3.63, 3.8) is 0 Å². The third-order valence-corrected chi connectivity index (χ3v) is 7.26. The number of hydrogen-bond acceptors (Lipinski definition) is 6. The van der Waals surface area contributed by atoms with Crippen LogP contribution in [0, 0.1) is 0 Å². The summed E-state index contributed by atoms with van der Waals surface area (Å²) in [7, 11) is 4.69. The van der Waals surface area contributed by atoms with E-state index < -0.39 is 11.0 Å². The number of benzene rings is 1. The molecular formula is C23H30N6O3S. The minimum Gasteiger partial charge on any atom is -0.494 e. The monoisotopic (exact) mass is 470 g/mol. The maximum atomic E-state index is 12.9. The molecule has 10 heteroatoms. The first kappa shape index (κ1) is 23.4. The summed E-state index contributed by atoms with van der Waals surface area (Å²) in [6, 6.07) is 8.80. The molecule has 1 aliphatic heterocycles. The van der Waals surface area contributed by atoms with Crippen molar-refractivity contribution in [2.75, 3.05) is 60.4 Å². The van der Waals surface area contributed by atoms with Crippen molar-refractivity contribution in [2.45, 2.75) is 4.90 Å². The molecule has 1 aliphatic rings. The summed E-state index contributed by atoms with van der Waals surface area (Å²) < 4.78 is 14.9. The maximum Gasteiger partial charge on any atom is 0.251 e. The number of aromatic nitrogens is 2. The highest BCUT2D eigenvalue weighted by Gasteiger charge is 2.21. The van der Waals surface area contributed by atoms with Crippen LogP contribution < -0.4 is 5.32 Å². The zero-order valence-electron chi connectivity index (χ0n) is 19.2. The molecule has 3 aromatic rings. The normalized spacial score (nSPS) is 16.4. The van der Waals surface area contributed by atoms with Crippen LogP contribution in [0.2, 0.25) is 0 Å². The number of fused-ring (bicyclic) bond motifs is 1. The Bertz CT molecular complexity index is 1150. The summed E-state index contributed by atoms with van der Waals surface area (Å²) in [5.74, 6) is -0.188. The van der Waals surface area contributed by atoms with Gasteiger partial charge in [0, 0.05) is 61.9 Å². The van der Waals surface area contributed by atoms with Crippen molar-refractivity contribution in [1.29, 1.82) is 0 Å². The Morgan fingerprint density at radius 2 is 1.97 bits per heavy atom. The molecular weight excluding hydrogens is 440 g/mol. The molecule has 3 heterocycles. The number of aromatic amines is 1. The molecule has 2 aromatic heterocycles. The van der Waals surface area contributed by atoms with E-state index in [2.05, 4.69) is 27.2 Å². The van der Waals surface area contributed by atoms with E-state index in [1.165, 1.54) is 0 Å². The molecule has 3 N–H and O–H groups in total. The lowest BCUT2D eigenvalue weighted by molar-refractivity contribution is 0.0951. The van der Waals surface area contributed by atoms with Gasteiger partial charge in [0.05, 0.1) is 16.2 Å².